The van der Waals surface area contributed by atoms with Crippen molar-refractivity contribution >= 4 is 44.9 Å². The molecule has 0 radical (unpaired) electrons. The third-order valence-corrected chi connectivity index (χ3v) is 7.12. The minimum Gasteiger partial charge on any atom is -0.452 e. The normalized spacial score (nSPS) is 19.5. The second-order valence-corrected chi connectivity index (χ2v) is 9.61. The first-order valence-electron chi connectivity index (χ1n) is 8.09. The molecule has 1 amide bonds. The summed E-state index contributed by atoms with van der Waals surface area (Å²) in [6.45, 7) is 2.91. The summed E-state index contributed by atoms with van der Waals surface area (Å²) >= 11 is 1.24. The maximum atomic E-state index is 12.1. The second kappa shape index (κ2) is 8.68. The van der Waals surface area contributed by atoms with Crippen LogP contribution >= 0.6 is 11.8 Å². The summed E-state index contributed by atoms with van der Waals surface area (Å²) in [5, 5.41) is 2.51. The molecule has 0 saturated carbocycles. The number of amides is 1. The quantitative estimate of drug-likeness (QED) is 0.549. The summed E-state index contributed by atoms with van der Waals surface area (Å²) in [7, 11) is -2.98. The summed E-state index contributed by atoms with van der Waals surface area (Å²) in [5.41, 5.74) is 1.03. The molecular formula is C17H21NO6S2. The van der Waals surface area contributed by atoms with Crippen LogP contribution in [0.5, 0.6) is 0 Å². The fraction of sp³-hybridized carbons (Fsp3) is 0.471. The minimum absolute atomic E-state index is 0.00507. The van der Waals surface area contributed by atoms with Gasteiger partial charge in [0.15, 0.2) is 21.7 Å². The Hall–Kier alpha value is -1.87. The Morgan fingerprint density at radius 3 is 2.46 bits per heavy atom. The number of esters is 1. The van der Waals surface area contributed by atoms with Crippen molar-refractivity contribution in [1.29, 1.82) is 0 Å². The number of Topliss-reactive ketones (excluding diaryl/α,β-unsaturated/α-hetero) is 1. The molecule has 0 spiro atoms. The van der Waals surface area contributed by atoms with Gasteiger partial charge in [0, 0.05) is 16.5 Å². The number of anilines is 1. The monoisotopic (exact) mass is 399 g/mol. The number of benzene rings is 1. The Labute approximate surface area is 156 Å². The van der Waals surface area contributed by atoms with Crippen LogP contribution in [0.2, 0.25) is 0 Å². The number of hydrogen-bond donors (Lipinski definition) is 1. The molecule has 0 aliphatic carbocycles. The average Bonchev–Trinajstić information content (AvgIpc) is 2.92. The van der Waals surface area contributed by atoms with E-state index < -0.39 is 27.8 Å². The Morgan fingerprint density at radius 1 is 1.27 bits per heavy atom. The molecule has 9 heteroatoms. The van der Waals surface area contributed by atoms with Gasteiger partial charge in [0.25, 0.3) is 5.91 Å². The highest BCUT2D eigenvalue weighted by molar-refractivity contribution is 8.02. The molecule has 0 unspecified atom stereocenters. The van der Waals surface area contributed by atoms with E-state index in [9.17, 15) is 22.8 Å². The van der Waals surface area contributed by atoms with Crippen LogP contribution in [0.4, 0.5) is 5.69 Å². The molecule has 7 nitrogen and oxygen atoms in total. The topological polar surface area (TPSA) is 107 Å². The second-order valence-electron chi connectivity index (χ2n) is 6.09. The van der Waals surface area contributed by atoms with E-state index in [1.165, 1.54) is 25.6 Å². The molecule has 1 aromatic carbocycles. The summed E-state index contributed by atoms with van der Waals surface area (Å²) < 4.78 is 27.8. The molecule has 1 N–H and O–H groups in total. The van der Waals surface area contributed by atoms with E-state index >= 15 is 0 Å². The summed E-state index contributed by atoms with van der Waals surface area (Å²) in [6.07, 6.45) is -0.449. The lowest BCUT2D eigenvalue weighted by molar-refractivity contribution is -0.150. The van der Waals surface area contributed by atoms with Gasteiger partial charge in [-0.25, -0.2) is 8.42 Å². The van der Waals surface area contributed by atoms with Crippen molar-refractivity contribution in [2.75, 3.05) is 22.6 Å². The fourth-order valence-electron chi connectivity index (χ4n) is 2.40. The standard InChI is InChI=1S/C17H21NO6S2/c1-11(19)13-3-5-14(6-4-13)18-17(21)12(2)24-16(20)9-25-15-7-8-26(22,23)10-15/h3-6,12,15H,7-10H2,1-2H3,(H,18,21)/t12-,15+/m1/s1. The number of nitrogens with one attached hydrogen (secondary N) is 1. The Balaban J connectivity index is 1.77. The number of ether oxygens (including phenoxy) is 1. The van der Waals surface area contributed by atoms with Gasteiger partial charge in [0.05, 0.1) is 17.3 Å². The van der Waals surface area contributed by atoms with E-state index in [4.69, 9.17) is 4.74 Å². The van der Waals surface area contributed by atoms with E-state index in [0.29, 0.717) is 17.7 Å². The molecule has 0 aromatic heterocycles. The van der Waals surface area contributed by atoms with E-state index in [-0.39, 0.29) is 28.3 Å². The molecule has 1 heterocycles. The van der Waals surface area contributed by atoms with Gasteiger partial charge < -0.3 is 10.1 Å². The fourth-order valence-corrected chi connectivity index (χ4v) is 5.82. The number of sulfone groups is 1. The van der Waals surface area contributed by atoms with Crippen molar-refractivity contribution in [3.8, 4) is 0 Å². The third kappa shape index (κ3) is 6.14. The van der Waals surface area contributed by atoms with Gasteiger partial charge >= 0.3 is 5.97 Å². The van der Waals surface area contributed by atoms with E-state index in [1.807, 2.05) is 0 Å². The van der Waals surface area contributed by atoms with Gasteiger partial charge in [-0.05, 0) is 44.5 Å². The summed E-state index contributed by atoms with van der Waals surface area (Å²) in [5.74, 6) is -0.877. The van der Waals surface area contributed by atoms with Crippen molar-refractivity contribution < 1.29 is 27.5 Å². The van der Waals surface area contributed by atoms with Crippen LogP contribution in [0.1, 0.15) is 30.6 Å². The average molecular weight is 399 g/mol. The Kier molecular flexibility index (Phi) is 6.82. The lowest BCUT2D eigenvalue weighted by atomic mass is 10.1. The first-order chi connectivity index (χ1) is 12.2. The van der Waals surface area contributed by atoms with Gasteiger partial charge in [-0.1, -0.05) is 0 Å². The van der Waals surface area contributed by atoms with Crippen molar-refractivity contribution in [2.45, 2.75) is 31.6 Å². The highest BCUT2D eigenvalue weighted by Gasteiger charge is 2.29. The molecule has 1 fully saturated rings. The third-order valence-electron chi connectivity index (χ3n) is 3.86. The van der Waals surface area contributed by atoms with Crippen LogP contribution in [0.3, 0.4) is 0 Å². The molecular weight excluding hydrogens is 378 g/mol. The smallest absolute Gasteiger partial charge is 0.316 e. The van der Waals surface area contributed by atoms with Gasteiger partial charge in [-0.2, -0.15) is 0 Å². The number of thioether (sulfide) groups is 1. The number of carbonyl (C=O) groups is 3. The van der Waals surface area contributed by atoms with Crippen LogP contribution in [0, 0.1) is 0 Å². The molecule has 2 atom stereocenters. The van der Waals surface area contributed by atoms with Crippen LogP contribution in [0.25, 0.3) is 0 Å². The zero-order valence-corrected chi connectivity index (χ0v) is 16.2. The van der Waals surface area contributed by atoms with Crippen LogP contribution in [0.15, 0.2) is 24.3 Å². The zero-order valence-electron chi connectivity index (χ0n) is 14.6. The van der Waals surface area contributed by atoms with Gasteiger partial charge in [0.1, 0.15) is 0 Å². The van der Waals surface area contributed by atoms with E-state index in [2.05, 4.69) is 5.32 Å². The number of rotatable bonds is 7. The van der Waals surface area contributed by atoms with Crippen LogP contribution in [-0.2, 0) is 24.2 Å². The van der Waals surface area contributed by atoms with Crippen molar-refractivity contribution in [3.63, 3.8) is 0 Å². The minimum atomic E-state index is -2.98. The molecule has 0 bridgehead atoms. The largest absolute Gasteiger partial charge is 0.452 e. The molecule has 1 aliphatic rings. The molecule has 1 aromatic rings. The summed E-state index contributed by atoms with van der Waals surface area (Å²) in [4.78, 5) is 35.1. The van der Waals surface area contributed by atoms with Gasteiger partial charge in [-0.3, -0.25) is 14.4 Å². The number of carbonyl (C=O) groups excluding carboxylic acids is 3. The molecule has 1 aliphatic heterocycles. The van der Waals surface area contributed by atoms with E-state index in [0.717, 1.165) is 0 Å². The van der Waals surface area contributed by atoms with Crippen molar-refractivity contribution in [1.82, 2.24) is 0 Å². The zero-order chi connectivity index (χ0) is 19.3. The Morgan fingerprint density at radius 2 is 1.92 bits per heavy atom. The van der Waals surface area contributed by atoms with E-state index in [1.54, 1.807) is 24.3 Å². The van der Waals surface area contributed by atoms with Gasteiger partial charge in [-0.15, -0.1) is 11.8 Å². The molecule has 2 rings (SSSR count). The first kappa shape index (κ1) is 20.4. The molecule has 142 valence electrons. The van der Waals surface area contributed by atoms with Crippen molar-refractivity contribution in [3.05, 3.63) is 29.8 Å². The predicted molar refractivity (Wildman–Crippen MR) is 100 cm³/mol. The lowest BCUT2D eigenvalue weighted by Crippen LogP contribution is -2.30. The van der Waals surface area contributed by atoms with Crippen molar-refractivity contribution in [2.24, 2.45) is 0 Å². The maximum Gasteiger partial charge on any atom is 0.316 e. The first-order valence-corrected chi connectivity index (χ1v) is 11.0. The number of ketones is 1. The SMILES string of the molecule is CC(=O)c1ccc(NC(=O)[C@@H](C)OC(=O)CS[C@H]2CCS(=O)(=O)C2)cc1. The molecule has 1 saturated heterocycles. The molecule has 26 heavy (non-hydrogen) atoms. The van der Waals surface area contributed by atoms with Crippen LogP contribution in [-0.4, -0.2) is 54.7 Å². The summed E-state index contributed by atoms with van der Waals surface area (Å²) in [6, 6.07) is 6.39. The Bertz CT molecular complexity index is 788. The van der Waals surface area contributed by atoms with Crippen LogP contribution < -0.4 is 5.32 Å². The van der Waals surface area contributed by atoms with Gasteiger partial charge in [0.2, 0.25) is 0 Å². The predicted octanol–water partition coefficient (Wildman–Crippen LogP) is 1.68. The number of hydrogen-bond acceptors (Lipinski definition) is 7. The lowest BCUT2D eigenvalue weighted by Gasteiger charge is -2.14. The maximum absolute atomic E-state index is 12.1. The highest BCUT2D eigenvalue weighted by atomic mass is 32.2. The highest BCUT2D eigenvalue weighted by Crippen LogP contribution is 2.24.